The number of hydrogen-bond donors (Lipinski definition) is 1. The molecule has 21 heavy (non-hydrogen) atoms. The van der Waals surface area contributed by atoms with E-state index < -0.39 is 0 Å². The molecular formula is C16H15BrClNOS. The Bertz CT molecular complexity index is 606. The number of thioether (sulfide) groups is 1. The first-order valence-electron chi connectivity index (χ1n) is 6.58. The van der Waals surface area contributed by atoms with Crippen molar-refractivity contribution in [2.75, 3.05) is 12.3 Å². The molecule has 0 unspecified atom stereocenters. The van der Waals surface area contributed by atoms with Gasteiger partial charge in [-0.25, -0.2) is 0 Å². The summed E-state index contributed by atoms with van der Waals surface area (Å²) in [5.74, 6) is 0.843. The summed E-state index contributed by atoms with van der Waals surface area (Å²) in [6.07, 6.45) is 0.916. The third kappa shape index (κ3) is 5.38. The molecule has 0 aliphatic rings. The van der Waals surface area contributed by atoms with Crippen LogP contribution in [0.1, 0.15) is 16.8 Å². The molecule has 0 bridgehead atoms. The predicted octanol–water partition coefficient (Wildman–Crippen LogP) is 5.01. The standard InChI is InChI=1S/C16H15BrClNOS/c17-12-7-8-14(15(18)11-12)16(20)19-9-4-10-21-13-5-2-1-3-6-13/h1-3,5-8,11H,4,9-10H2,(H,19,20). The van der Waals surface area contributed by atoms with Crippen LogP contribution in [0, 0.1) is 0 Å². The van der Waals surface area contributed by atoms with Gasteiger partial charge in [0, 0.05) is 15.9 Å². The van der Waals surface area contributed by atoms with E-state index in [1.54, 1.807) is 23.9 Å². The Morgan fingerprint density at radius 1 is 1.19 bits per heavy atom. The number of rotatable bonds is 6. The Kier molecular flexibility index (Phi) is 6.61. The van der Waals surface area contributed by atoms with Crippen LogP contribution in [0.3, 0.4) is 0 Å². The van der Waals surface area contributed by atoms with E-state index in [9.17, 15) is 4.79 Å². The molecule has 0 aliphatic carbocycles. The summed E-state index contributed by atoms with van der Waals surface area (Å²) in [4.78, 5) is 13.2. The topological polar surface area (TPSA) is 29.1 Å². The second kappa shape index (κ2) is 8.47. The van der Waals surface area contributed by atoms with E-state index in [4.69, 9.17) is 11.6 Å². The van der Waals surface area contributed by atoms with Crippen molar-refractivity contribution in [3.8, 4) is 0 Å². The second-order valence-electron chi connectivity index (χ2n) is 4.40. The van der Waals surface area contributed by atoms with E-state index in [0.717, 1.165) is 16.6 Å². The lowest BCUT2D eigenvalue weighted by atomic mass is 10.2. The number of benzene rings is 2. The van der Waals surface area contributed by atoms with Gasteiger partial charge in [0.15, 0.2) is 0 Å². The first-order chi connectivity index (χ1) is 10.2. The van der Waals surface area contributed by atoms with Crippen molar-refractivity contribution in [1.29, 1.82) is 0 Å². The first kappa shape index (κ1) is 16.4. The summed E-state index contributed by atoms with van der Waals surface area (Å²) in [5, 5.41) is 3.35. The van der Waals surface area contributed by atoms with Crippen molar-refractivity contribution in [2.45, 2.75) is 11.3 Å². The molecule has 0 aliphatic heterocycles. The van der Waals surface area contributed by atoms with E-state index in [1.165, 1.54) is 4.90 Å². The average molecular weight is 385 g/mol. The smallest absolute Gasteiger partial charge is 0.252 e. The third-order valence-corrected chi connectivity index (χ3v) is 4.70. The molecule has 0 aromatic heterocycles. The maximum atomic E-state index is 12.0. The van der Waals surface area contributed by atoms with Crippen molar-refractivity contribution in [1.82, 2.24) is 5.32 Å². The van der Waals surface area contributed by atoms with Crippen LogP contribution in [0.5, 0.6) is 0 Å². The van der Waals surface area contributed by atoms with Crippen molar-refractivity contribution < 1.29 is 4.79 Å². The van der Waals surface area contributed by atoms with Crippen LogP contribution in [0.2, 0.25) is 5.02 Å². The molecule has 1 N–H and O–H groups in total. The summed E-state index contributed by atoms with van der Waals surface area (Å²) in [6.45, 7) is 0.644. The normalized spacial score (nSPS) is 10.4. The van der Waals surface area contributed by atoms with Crippen LogP contribution in [0.4, 0.5) is 0 Å². The molecule has 0 spiro atoms. The number of amides is 1. The molecule has 2 rings (SSSR count). The fourth-order valence-electron chi connectivity index (χ4n) is 1.75. The van der Waals surface area contributed by atoms with Gasteiger partial charge in [0.05, 0.1) is 10.6 Å². The van der Waals surface area contributed by atoms with E-state index >= 15 is 0 Å². The molecule has 0 heterocycles. The van der Waals surface area contributed by atoms with Gasteiger partial charge in [0.1, 0.15) is 0 Å². The zero-order chi connectivity index (χ0) is 15.1. The number of carbonyl (C=O) groups excluding carboxylic acids is 1. The number of hydrogen-bond acceptors (Lipinski definition) is 2. The van der Waals surface area contributed by atoms with Crippen LogP contribution in [0.15, 0.2) is 57.9 Å². The first-order valence-corrected chi connectivity index (χ1v) is 8.73. The highest BCUT2D eigenvalue weighted by Gasteiger charge is 2.09. The second-order valence-corrected chi connectivity index (χ2v) is 6.89. The summed E-state index contributed by atoms with van der Waals surface area (Å²) in [5.41, 5.74) is 0.510. The largest absolute Gasteiger partial charge is 0.352 e. The third-order valence-electron chi connectivity index (χ3n) is 2.79. The number of halogens is 2. The maximum absolute atomic E-state index is 12.0. The zero-order valence-corrected chi connectivity index (χ0v) is 14.5. The number of carbonyl (C=O) groups is 1. The molecule has 2 nitrogen and oxygen atoms in total. The summed E-state index contributed by atoms with van der Waals surface area (Å²) in [7, 11) is 0. The van der Waals surface area contributed by atoms with Crippen LogP contribution < -0.4 is 5.32 Å². The molecule has 2 aromatic carbocycles. The minimum absolute atomic E-state index is 0.128. The van der Waals surface area contributed by atoms with Gasteiger partial charge in [-0.15, -0.1) is 11.8 Å². The summed E-state index contributed by atoms with van der Waals surface area (Å²) < 4.78 is 0.864. The Morgan fingerprint density at radius 3 is 2.67 bits per heavy atom. The van der Waals surface area contributed by atoms with Gasteiger partial charge in [0.2, 0.25) is 0 Å². The van der Waals surface area contributed by atoms with Crippen LogP contribution in [0.25, 0.3) is 0 Å². The molecule has 0 fully saturated rings. The van der Waals surface area contributed by atoms with Crippen LogP contribution >= 0.6 is 39.3 Å². The van der Waals surface area contributed by atoms with Crippen LogP contribution in [-0.4, -0.2) is 18.2 Å². The SMILES string of the molecule is O=C(NCCCSc1ccccc1)c1ccc(Br)cc1Cl. The minimum Gasteiger partial charge on any atom is -0.352 e. The van der Waals surface area contributed by atoms with Crippen molar-refractivity contribution >= 4 is 45.2 Å². The van der Waals surface area contributed by atoms with Gasteiger partial charge >= 0.3 is 0 Å². The Balaban J connectivity index is 1.72. The van der Waals surface area contributed by atoms with Gasteiger partial charge < -0.3 is 5.32 Å². The van der Waals surface area contributed by atoms with Gasteiger partial charge in [-0.2, -0.15) is 0 Å². The van der Waals surface area contributed by atoms with E-state index in [1.807, 2.05) is 24.3 Å². The predicted molar refractivity (Wildman–Crippen MR) is 93.3 cm³/mol. The molecule has 0 radical (unpaired) electrons. The van der Waals surface area contributed by atoms with Crippen molar-refractivity contribution in [3.63, 3.8) is 0 Å². The molecular weight excluding hydrogens is 370 g/mol. The maximum Gasteiger partial charge on any atom is 0.252 e. The molecule has 110 valence electrons. The van der Waals surface area contributed by atoms with E-state index in [-0.39, 0.29) is 5.91 Å². The molecule has 5 heteroatoms. The highest BCUT2D eigenvalue weighted by molar-refractivity contribution is 9.10. The van der Waals surface area contributed by atoms with Gasteiger partial charge in [0.25, 0.3) is 5.91 Å². The fourth-order valence-corrected chi connectivity index (χ4v) is 3.38. The lowest BCUT2D eigenvalue weighted by molar-refractivity contribution is 0.0954. The van der Waals surface area contributed by atoms with Crippen molar-refractivity contribution in [2.24, 2.45) is 0 Å². The summed E-state index contributed by atoms with van der Waals surface area (Å²) in [6, 6.07) is 15.5. The zero-order valence-electron chi connectivity index (χ0n) is 11.3. The summed E-state index contributed by atoms with van der Waals surface area (Å²) >= 11 is 11.2. The molecule has 0 saturated heterocycles. The Hall–Kier alpha value is -0.970. The number of nitrogens with one attached hydrogen (secondary N) is 1. The van der Waals surface area contributed by atoms with Gasteiger partial charge in [-0.05, 0) is 42.5 Å². The molecule has 2 aromatic rings. The van der Waals surface area contributed by atoms with Gasteiger partial charge in [-0.1, -0.05) is 45.7 Å². The Morgan fingerprint density at radius 2 is 1.95 bits per heavy atom. The van der Waals surface area contributed by atoms with Gasteiger partial charge in [-0.3, -0.25) is 4.79 Å². The minimum atomic E-state index is -0.128. The lowest BCUT2D eigenvalue weighted by Gasteiger charge is -2.07. The van der Waals surface area contributed by atoms with Crippen LogP contribution in [-0.2, 0) is 0 Å². The highest BCUT2D eigenvalue weighted by Crippen LogP contribution is 2.21. The van der Waals surface area contributed by atoms with E-state index in [2.05, 4.69) is 33.4 Å². The lowest BCUT2D eigenvalue weighted by Crippen LogP contribution is -2.25. The quantitative estimate of drug-likeness (QED) is 0.560. The fraction of sp³-hybridized carbons (Fsp3) is 0.188. The highest BCUT2D eigenvalue weighted by atomic mass is 79.9. The molecule has 0 saturated carbocycles. The monoisotopic (exact) mass is 383 g/mol. The Labute approximate surface area is 142 Å². The molecule has 1 amide bonds. The molecule has 0 atom stereocenters. The average Bonchev–Trinajstić information content (AvgIpc) is 2.47. The van der Waals surface area contributed by atoms with E-state index in [0.29, 0.717) is 17.1 Å². The van der Waals surface area contributed by atoms with Crippen molar-refractivity contribution in [3.05, 3.63) is 63.6 Å².